The molecule has 0 aliphatic heterocycles. The van der Waals surface area contributed by atoms with E-state index in [0.717, 1.165) is 5.76 Å². The third-order valence-corrected chi connectivity index (χ3v) is 5.19. The Balaban J connectivity index is 1.68. The molecule has 2 aromatic heterocycles. The van der Waals surface area contributed by atoms with E-state index in [9.17, 15) is 4.79 Å². The number of carbonyl (C=O) groups is 1. The SMILES string of the molecule is O=C(CN(Cc1ccco1)Cc1cccs1)Nc1cccc(Cl)c1Cl. The van der Waals surface area contributed by atoms with E-state index < -0.39 is 0 Å². The van der Waals surface area contributed by atoms with Crippen molar-refractivity contribution in [2.45, 2.75) is 13.1 Å². The van der Waals surface area contributed by atoms with Crippen molar-refractivity contribution in [2.75, 3.05) is 11.9 Å². The van der Waals surface area contributed by atoms with Crippen molar-refractivity contribution in [3.63, 3.8) is 0 Å². The number of anilines is 1. The molecule has 0 aliphatic rings. The number of thiophene rings is 1. The third-order valence-electron chi connectivity index (χ3n) is 3.51. The lowest BCUT2D eigenvalue weighted by atomic mass is 10.3. The standard InChI is InChI=1S/C18H16Cl2N2O2S/c19-15-6-1-7-16(18(15)20)21-17(23)12-22(10-13-4-2-8-24-13)11-14-5-3-9-25-14/h1-9H,10-12H2,(H,21,23). The fourth-order valence-electron chi connectivity index (χ4n) is 2.41. The van der Waals surface area contributed by atoms with Crippen molar-refractivity contribution in [1.82, 2.24) is 4.90 Å². The molecule has 0 spiro atoms. The van der Waals surface area contributed by atoms with Gasteiger partial charge in [0, 0.05) is 11.4 Å². The summed E-state index contributed by atoms with van der Waals surface area (Å²) >= 11 is 13.8. The number of benzene rings is 1. The lowest BCUT2D eigenvalue weighted by molar-refractivity contribution is -0.117. The largest absolute Gasteiger partial charge is 0.468 e. The highest BCUT2D eigenvalue weighted by Crippen LogP contribution is 2.29. The first kappa shape index (κ1) is 18.0. The van der Waals surface area contributed by atoms with Gasteiger partial charge in [0.1, 0.15) is 5.76 Å². The first-order chi connectivity index (χ1) is 12.1. The van der Waals surface area contributed by atoms with Gasteiger partial charge in [0.05, 0.1) is 35.1 Å². The summed E-state index contributed by atoms with van der Waals surface area (Å²) in [4.78, 5) is 15.7. The Morgan fingerprint density at radius 3 is 2.72 bits per heavy atom. The topological polar surface area (TPSA) is 45.5 Å². The molecule has 130 valence electrons. The van der Waals surface area contributed by atoms with Crippen molar-refractivity contribution in [3.05, 3.63) is 74.8 Å². The number of amides is 1. The highest BCUT2D eigenvalue weighted by Gasteiger charge is 2.15. The van der Waals surface area contributed by atoms with Crippen LogP contribution in [0.4, 0.5) is 5.69 Å². The van der Waals surface area contributed by atoms with Crippen LogP contribution in [0.3, 0.4) is 0 Å². The van der Waals surface area contributed by atoms with Crippen molar-refractivity contribution in [2.24, 2.45) is 0 Å². The second-order valence-corrected chi connectivity index (χ2v) is 7.27. The van der Waals surface area contributed by atoms with Gasteiger partial charge in [-0.15, -0.1) is 11.3 Å². The fourth-order valence-corrected chi connectivity index (χ4v) is 3.50. The number of furan rings is 1. The molecule has 3 rings (SSSR count). The van der Waals surface area contributed by atoms with Crippen LogP contribution in [0.1, 0.15) is 10.6 Å². The van der Waals surface area contributed by atoms with E-state index in [-0.39, 0.29) is 12.5 Å². The second kappa shape index (κ2) is 8.54. The number of halogens is 2. The molecular weight excluding hydrogens is 379 g/mol. The molecule has 25 heavy (non-hydrogen) atoms. The summed E-state index contributed by atoms with van der Waals surface area (Å²) in [5.74, 6) is 0.650. The van der Waals surface area contributed by atoms with Gasteiger partial charge in [-0.05, 0) is 35.7 Å². The highest BCUT2D eigenvalue weighted by atomic mass is 35.5. The lowest BCUT2D eigenvalue weighted by Crippen LogP contribution is -2.32. The van der Waals surface area contributed by atoms with Crippen LogP contribution >= 0.6 is 34.5 Å². The zero-order valence-corrected chi connectivity index (χ0v) is 15.6. The van der Waals surface area contributed by atoms with Crippen LogP contribution in [-0.4, -0.2) is 17.4 Å². The smallest absolute Gasteiger partial charge is 0.238 e. The minimum Gasteiger partial charge on any atom is -0.468 e. The number of nitrogens with one attached hydrogen (secondary N) is 1. The quantitative estimate of drug-likeness (QED) is 0.591. The molecule has 0 saturated heterocycles. The predicted octanol–water partition coefficient (Wildman–Crippen LogP) is 5.29. The average Bonchev–Trinajstić information content (AvgIpc) is 3.26. The van der Waals surface area contributed by atoms with Gasteiger partial charge >= 0.3 is 0 Å². The number of carbonyl (C=O) groups excluding carboxylic acids is 1. The minimum absolute atomic E-state index is 0.160. The normalized spacial score (nSPS) is 11.0. The van der Waals surface area contributed by atoms with Crippen LogP contribution in [0, 0.1) is 0 Å². The molecule has 0 radical (unpaired) electrons. The molecule has 0 fully saturated rings. The van der Waals surface area contributed by atoms with E-state index in [1.165, 1.54) is 4.88 Å². The Labute approximate surface area is 160 Å². The van der Waals surface area contributed by atoms with Gasteiger partial charge in [0.15, 0.2) is 0 Å². The van der Waals surface area contributed by atoms with E-state index in [1.54, 1.807) is 35.8 Å². The van der Waals surface area contributed by atoms with Gasteiger partial charge in [-0.3, -0.25) is 9.69 Å². The summed E-state index contributed by atoms with van der Waals surface area (Å²) in [6, 6.07) is 12.9. The Bertz CT molecular complexity index is 783. The molecule has 1 N–H and O–H groups in total. The van der Waals surface area contributed by atoms with Crippen molar-refractivity contribution >= 4 is 46.1 Å². The van der Waals surface area contributed by atoms with E-state index >= 15 is 0 Å². The Kier molecular flexibility index (Phi) is 6.15. The lowest BCUT2D eigenvalue weighted by Gasteiger charge is -2.20. The van der Waals surface area contributed by atoms with E-state index in [1.807, 2.05) is 34.5 Å². The molecule has 2 heterocycles. The van der Waals surface area contributed by atoms with Crippen LogP contribution in [0.2, 0.25) is 10.0 Å². The number of hydrogen-bond donors (Lipinski definition) is 1. The Morgan fingerprint density at radius 2 is 2.00 bits per heavy atom. The van der Waals surface area contributed by atoms with Crippen LogP contribution in [0.15, 0.2) is 58.5 Å². The molecule has 0 atom stereocenters. The van der Waals surface area contributed by atoms with Crippen LogP contribution < -0.4 is 5.32 Å². The molecule has 1 aromatic carbocycles. The van der Waals surface area contributed by atoms with Gasteiger partial charge in [-0.25, -0.2) is 0 Å². The Morgan fingerprint density at radius 1 is 1.12 bits per heavy atom. The highest BCUT2D eigenvalue weighted by molar-refractivity contribution is 7.09. The van der Waals surface area contributed by atoms with Crippen molar-refractivity contribution < 1.29 is 9.21 Å². The van der Waals surface area contributed by atoms with Crippen LogP contribution in [-0.2, 0) is 17.9 Å². The molecule has 1 amide bonds. The zero-order valence-electron chi connectivity index (χ0n) is 13.2. The summed E-state index contributed by atoms with van der Waals surface area (Å²) < 4.78 is 5.41. The van der Waals surface area contributed by atoms with E-state index in [0.29, 0.717) is 28.8 Å². The van der Waals surface area contributed by atoms with Crippen molar-refractivity contribution in [3.8, 4) is 0 Å². The summed E-state index contributed by atoms with van der Waals surface area (Å²) in [5.41, 5.74) is 0.508. The molecule has 0 bridgehead atoms. The minimum atomic E-state index is -0.160. The summed E-state index contributed by atoms with van der Waals surface area (Å²) in [6.45, 7) is 1.41. The van der Waals surface area contributed by atoms with Crippen LogP contribution in [0.25, 0.3) is 0 Å². The fraction of sp³-hybridized carbons (Fsp3) is 0.167. The first-order valence-corrected chi connectivity index (χ1v) is 9.26. The summed E-state index contributed by atoms with van der Waals surface area (Å²) in [6.07, 6.45) is 1.63. The third kappa shape index (κ3) is 5.09. The maximum Gasteiger partial charge on any atom is 0.238 e. The number of nitrogens with zero attached hydrogens (tertiary/aromatic N) is 1. The predicted molar refractivity (Wildman–Crippen MR) is 102 cm³/mol. The molecule has 0 unspecified atom stereocenters. The van der Waals surface area contributed by atoms with E-state index in [4.69, 9.17) is 27.6 Å². The molecule has 0 aliphatic carbocycles. The average molecular weight is 395 g/mol. The molecule has 0 saturated carbocycles. The molecule has 3 aromatic rings. The van der Waals surface area contributed by atoms with Gasteiger partial charge < -0.3 is 9.73 Å². The molecular formula is C18H16Cl2N2O2S. The summed E-state index contributed by atoms with van der Waals surface area (Å²) in [7, 11) is 0. The van der Waals surface area contributed by atoms with Gasteiger partial charge in [-0.2, -0.15) is 0 Å². The van der Waals surface area contributed by atoms with Gasteiger partial charge in [0.2, 0.25) is 5.91 Å². The van der Waals surface area contributed by atoms with E-state index in [2.05, 4.69) is 5.32 Å². The maximum atomic E-state index is 12.5. The van der Waals surface area contributed by atoms with Crippen molar-refractivity contribution in [1.29, 1.82) is 0 Å². The van der Waals surface area contributed by atoms with Gasteiger partial charge in [0.25, 0.3) is 0 Å². The first-order valence-electron chi connectivity index (χ1n) is 7.63. The number of rotatable bonds is 7. The molecule has 4 nitrogen and oxygen atoms in total. The monoisotopic (exact) mass is 394 g/mol. The second-order valence-electron chi connectivity index (χ2n) is 5.45. The molecule has 7 heteroatoms. The van der Waals surface area contributed by atoms with Crippen LogP contribution in [0.5, 0.6) is 0 Å². The van der Waals surface area contributed by atoms with Gasteiger partial charge in [-0.1, -0.05) is 35.3 Å². The summed E-state index contributed by atoms with van der Waals surface area (Å²) in [5, 5.41) is 5.59. The maximum absolute atomic E-state index is 12.5. The number of hydrogen-bond acceptors (Lipinski definition) is 4. The zero-order chi connectivity index (χ0) is 17.6. The Hall–Kier alpha value is -1.79.